The molecule has 0 radical (unpaired) electrons. The summed E-state index contributed by atoms with van der Waals surface area (Å²) in [5, 5.41) is 35.8. The molecular formula is C28H18N4O4S. The molecule has 0 saturated carbocycles. The highest BCUT2D eigenvalue weighted by Gasteiger charge is 2.29. The third-order valence-electron chi connectivity index (χ3n) is 5.07. The van der Waals surface area contributed by atoms with Gasteiger partial charge in [0.25, 0.3) is 0 Å². The summed E-state index contributed by atoms with van der Waals surface area (Å²) in [6.45, 7) is 4.36. The molecule has 0 atom stereocenters. The second kappa shape index (κ2) is 11.0. The fourth-order valence-electron chi connectivity index (χ4n) is 3.55. The van der Waals surface area contributed by atoms with E-state index in [2.05, 4.69) is 0 Å². The van der Waals surface area contributed by atoms with Crippen molar-refractivity contribution in [2.75, 3.05) is 13.2 Å². The summed E-state index contributed by atoms with van der Waals surface area (Å²) < 4.78 is 23.9. The Hall–Kier alpha value is -5.22. The highest BCUT2D eigenvalue weighted by molar-refractivity contribution is 7.19. The average molecular weight is 507 g/mol. The molecule has 0 unspecified atom stereocenters. The number of furan rings is 2. The minimum Gasteiger partial charge on any atom is -0.484 e. The van der Waals surface area contributed by atoms with E-state index in [1.54, 1.807) is 38.1 Å². The van der Waals surface area contributed by atoms with Crippen molar-refractivity contribution in [2.45, 2.75) is 13.8 Å². The lowest BCUT2D eigenvalue weighted by molar-refractivity contribution is 0.174. The van der Waals surface area contributed by atoms with Gasteiger partial charge in [-0.1, -0.05) is 0 Å². The smallest absolute Gasteiger partial charge is 0.183 e. The number of nitrogens with zero attached hydrogens (tertiary/aromatic N) is 4. The molecule has 0 amide bonds. The molecule has 1 aliphatic heterocycles. The maximum Gasteiger partial charge on any atom is 0.183 e. The fraction of sp³-hybridized carbons (Fsp3) is 0.143. The number of allylic oxidation sites excluding steroid dienone is 6. The van der Waals surface area contributed by atoms with Crippen molar-refractivity contribution >= 4 is 23.5 Å². The van der Waals surface area contributed by atoms with Gasteiger partial charge in [0.15, 0.2) is 11.5 Å². The highest BCUT2D eigenvalue weighted by atomic mass is 32.1. The Kier molecular flexibility index (Phi) is 7.41. The van der Waals surface area contributed by atoms with E-state index < -0.39 is 0 Å². The SMILES string of the molecule is C/C(C=C(C#N)C#N)=C\c1ccc(-c2sc(-c3ccc(/C=C(\C)C=C(C#N)C#N)o3)c3c2OCCO3)o1. The Morgan fingerprint density at radius 1 is 0.703 bits per heavy atom. The van der Waals surface area contributed by atoms with Crippen molar-refractivity contribution in [3.63, 3.8) is 0 Å². The topological polar surface area (TPSA) is 140 Å². The predicted molar refractivity (Wildman–Crippen MR) is 137 cm³/mol. The number of rotatable bonds is 6. The van der Waals surface area contributed by atoms with Gasteiger partial charge in [0.1, 0.15) is 81.4 Å². The maximum absolute atomic E-state index is 8.95. The summed E-state index contributed by atoms with van der Waals surface area (Å²) in [6, 6.07) is 14.6. The summed E-state index contributed by atoms with van der Waals surface area (Å²) in [5.41, 5.74) is 1.42. The van der Waals surface area contributed by atoms with E-state index in [4.69, 9.17) is 39.4 Å². The van der Waals surface area contributed by atoms with E-state index in [0.29, 0.717) is 58.9 Å². The largest absolute Gasteiger partial charge is 0.484 e. The lowest BCUT2D eigenvalue weighted by Crippen LogP contribution is -2.14. The van der Waals surface area contributed by atoms with Gasteiger partial charge >= 0.3 is 0 Å². The van der Waals surface area contributed by atoms with E-state index in [1.807, 2.05) is 36.4 Å². The fourth-order valence-corrected chi connectivity index (χ4v) is 4.66. The van der Waals surface area contributed by atoms with Gasteiger partial charge in [0.2, 0.25) is 0 Å². The summed E-state index contributed by atoms with van der Waals surface area (Å²) in [7, 11) is 0. The number of fused-ring (bicyclic) bond motifs is 1. The lowest BCUT2D eigenvalue weighted by atomic mass is 10.2. The minimum atomic E-state index is 0.0116. The van der Waals surface area contributed by atoms with Crippen LogP contribution < -0.4 is 9.47 Å². The van der Waals surface area contributed by atoms with Gasteiger partial charge in [-0.05, 0) is 73.6 Å². The first-order valence-corrected chi connectivity index (χ1v) is 11.8. The molecule has 3 aromatic rings. The molecule has 4 rings (SSSR count). The van der Waals surface area contributed by atoms with Gasteiger partial charge in [0, 0.05) is 0 Å². The van der Waals surface area contributed by atoms with Crippen LogP contribution in [0.1, 0.15) is 25.4 Å². The van der Waals surface area contributed by atoms with Crippen LogP contribution >= 0.6 is 11.3 Å². The Morgan fingerprint density at radius 3 is 1.49 bits per heavy atom. The molecule has 4 heterocycles. The molecule has 180 valence electrons. The van der Waals surface area contributed by atoms with Crippen LogP contribution in [0.3, 0.4) is 0 Å². The molecule has 1 aliphatic rings. The van der Waals surface area contributed by atoms with Crippen molar-refractivity contribution in [1.82, 2.24) is 0 Å². The quantitative estimate of drug-likeness (QED) is 0.263. The number of nitriles is 4. The zero-order valence-electron chi connectivity index (χ0n) is 19.9. The average Bonchev–Trinajstić information content (AvgIpc) is 3.64. The Labute approximate surface area is 217 Å². The summed E-state index contributed by atoms with van der Waals surface area (Å²) in [4.78, 5) is 1.49. The van der Waals surface area contributed by atoms with Gasteiger partial charge in [-0.2, -0.15) is 21.0 Å². The van der Waals surface area contributed by atoms with E-state index in [9.17, 15) is 0 Å². The Morgan fingerprint density at radius 2 is 1.11 bits per heavy atom. The zero-order chi connectivity index (χ0) is 26.4. The van der Waals surface area contributed by atoms with Gasteiger partial charge in [-0.3, -0.25) is 0 Å². The van der Waals surface area contributed by atoms with Crippen LogP contribution in [0.2, 0.25) is 0 Å². The number of hydrogen-bond acceptors (Lipinski definition) is 9. The monoisotopic (exact) mass is 506 g/mol. The van der Waals surface area contributed by atoms with Gasteiger partial charge in [0.05, 0.1) is 0 Å². The molecule has 0 spiro atoms. The van der Waals surface area contributed by atoms with Gasteiger partial charge in [-0.25, -0.2) is 0 Å². The van der Waals surface area contributed by atoms with Crippen LogP contribution in [0.15, 0.2) is 67.5 Å². The minimum absolute atomic E-state index is 0.0116. The normalized spacial score (nSPS) is 12.5. The third-order valence-corrected chi connectivity index (χ3v) is 6.25. The van der Waals surface area contributed by atoms with Gasteiger partial charge < -0.3 is 18.3 Å². The number of hydrogen-bond donors (Lipinski definition) is 0. The molecule has 0 bridgehead atoms. The summed E-state index contributed by atoms with van der Waals surface area (Å²) >= 11 is 1.41. The van der Waals surface area contributed by atoms with Crippen molar-refractivity contribution in [3.8, 4) is 57.1 Å². The third kappa shape index (κ3) is 5.55. The molecule has 0 fully saturated rings. The molecule has 9 heteroatoms. The van der Waals surface area contributed by atoms with Crippen LogP contribution in [0, 0.1) is 45.3 Å². The van der Waals surface area contributed by atoms with Crippen LogP contribution in [-0.4, -0.2) is 13.2 Å². The first kappa shape index (κ1) is 24.9. The summed E-state index contributed by atoms with van der Waals surface area (Å²) in [6.07, 6.45) is 6.46. The number of thiophene rings is 1. The first-order valence-electron chi connectivity index (χ1n) is 11.0. The predicted octanol–water partition coefficient (Wildman–Crippen LogP) is 6.79. The molecular weight excluding hydrogens is 488 g/mol. The van der Waals surface area contributed by atoms with E-state index >= 15 is 0 Å². The maximum atomic E-state index is 8.95. The van der Waals surface area contributed by atoms with Crippen molar-refractivity contribution < 1.29 is 18.3 Å². The Balaban J connectivity index is 1.68. The van der Waals surface area contributed by atoms with Crippen molar-refractivity contribution in [2.24, 2.45) is 0 Å². The lowest BCUT2D eigenvalue weighted by Gasteiger charge is -2.16. The van der Waals surface area contributed by atoms with E-state index in [0.717, 1.165) is 9.75 Å². The van der Waals surface area contributed by atoms with Crippen LogP contribution in [-0.2, 0) is 0 Å². The van der Waals surface area contributed by atoms with Crippen molar-refractivity contribution in [1.29, 1.82) is 21.0 Å². The zero-order valence-corrected chi connectivity index (χ0v) is 20.7. The Bertz CT molecular complexity index is 1500. The standard InChI is InChI=1S/C28H18N4O4S/c1-17(9-19(13-29)14-30)11-21-3-5-23(35-21)27-25-26(34-8-7-33-25)28(37-27)24-6-4-22(36-24)12-18(2)10-20(15-31)16-32/h3-6,9-12H,7-8H2,1-2H3/b17-11+,18-12+. The van der Waals surface area contributed by atoms with Crippen LogP contribution in [0.25, 0.3) is 33.4 Å². The van der Waals surface area contributed by atoms with Gasteiger partial charge in [-0.15, -0.1) is 11.3 Å². The molecule has 0 aliphatic carbocycles. The molecule has 3 aromatic heterocycles. The molecule has 0 N–H and O–H groups in total. The molecule has 8 nitrogen and oxygen atoms in total. The molecule has 0 saturated heterocycles. The molecule has 37 heavy (non-hydrogen) atoms. The first-order chi connectivity index (χ1) is 17.9. The number of ether oxygens (including phenoxy) is 2. The summed E-state index contributed by atoms with van der Waals surface area (Å²) in [5.74, 6) is 3.42. The second-order valence-corrected chi connectivity index (χ2v) is 8.88. The highest BCUT2D eigenvalue weighted by Crippen LogP contribution is 2.54. The molecule has 0 aromatic carbocycles. The van der Waals surface area contributed by atoms with E-state index in [-0.39, 0.29) is 11.1 Å². The van der Waals surface area contributed by atoms with Crippen LogP contribution in [0.4, 0.5) is 0 Å². The van der Waals surface area contributed by atoms with E-state index in [1.165, 1.54) is 23.5 Å². The van der Waals surface area contributed by atoms with Crippen LogP contribution in [0.5, 0.6) is 11.5 Å². The second-order valence-electron chi connectivity index (χ2n) is 7.86. The van der Waals surface area contributed by atoms with Crippen molar-refractivity contribution in [3.05, 3.63) is 70.2 Å².